The topological polar surface area (TPSA) is 64.4 Å². The molecule has 0 bridgehead atoms. The number of benzene rings is 1. The molecular weight excluding hydrogens is 254 g/mol. The maximum absolute atomic E-state index is 12.0. The molecule has 1 rings (SSSR count). The summed E-state index contributed by atoms with van der Waals surface area (Å²) in [6.07, 6.45) is -1.47. The molecule has 0 spiro atoms. The highest BCUT2D eigenvalue weighted by Crippen LogP contribution is 2.14. The fourth-order valence-electron chi connectivity index (χ4n) is 1.46. The molecule has 0 aliphatic heterocycles. The Hall–Kier alpha value is -1.69. The normalized spacial score (nSPS) is 10.5. The van der Waals surface area contributed by atoms with Gasteiger partial charge in [0, 0.05) is 13.0 Å². The number of hydrogen-bond acceptors (Lipinski definition) is 3. The van der Waals surface area contributed by atoms with Gasteiger partial charge in [-0.05, 0) is 30.7 Å². The van der Waals surface area contributed by atoms with Crippen LogP contribution in [-0.2, 0) is 11.3 Å². The number of nitrogens with two attached hydrogens (primary N) is 1. The Kier molecular flexibility index (Phi) is 6.81. The Bertz CT molecular complexity index is 400. The zero-order valence-corrected chi connectivity index (χ0v) is 10.6. The molecular formula is C13H18F2N2O2. The lowest BCUT2D eigenvalue weighted by atomic mass is 10.2. The van der Waals surface area contributed by atoms with Gasteiger partial charge in [0.15, 0.2) is 0 Å². The van der Waals surface area contributed by atoms with Gasteiger partial charge < -0.3 is 15.8 Å². The van der Waals surface area contributed by atoms with Gasteiger partial charge in [-0.15, -0.1) is 0 Å². The molecule has 0 aliphatic carbocycles. The molecule has 3 N–H and O–H groups in total. The van der Waals surface area contributed by atoms with Gasteiger partial charge in [-0.1, -0.05) is 12.1 Å². The number of amides is 1. The van der Waals surface area contributed by atoms with Crippen molar-refractivity contribution in [2.45, 2.75) is 25.8 Å². The first-order valence-corrected chi connectivity index (χ1v) is 6.08. The van der Waals surface area contributed by atoms with Gasteiger partial charge in [-0.3, -0.25) is 4.79 Å². The van der Waals surface area contributed by atoms with Crippen LogP contribution < -0.4 is 15.8 Å². The number of halogens is 2. The number of carbonyl (C=O) groups is 1. The van der Waals surface area contributed by atoms with Gasteiger partial charge in [0.25, 0.3) is 6.43 Å². The zero-order chi connectivity index (χ0) is 14.1. The predicted molar refractivity (Wildman–Crippen MR) is 68.1 cm³/mol. The Morgan fingerprint density at radius 3 is 2.89 bits per heavy atom. The molecule has 0 saturated heterocycles. The number of rotatable bonds is 8. The summed E-state index contributed by atoms with van der Waals surface area (Å²) < 4.78 is 28.9. The van der Waals surface area contributed by atoms with E-state index in [1.54, 1.807) is 24.3 Å². The van der Waals surface area contributed by atoms with Gasteiger partial charge >= 0.3 is 0 Å². The van der Waals surface area contributed by atoms with Crippen molar-refractivity contribution in [2.24, 2.45) is 5.73 Å². The highest BCUT2D eigenvalue weighted by Gasteiger charge is 2.05. The molecule has 0 saturated carbocycles. The molecule has 0 aliphatic rings. The first-order valence-electron chi connectivity index (χ1n) is 6.08. The van der Waals surface area contributed by atoms with Crippen LogP contribution >= 0.6 is 0 Å². The van der Waals surface area contributed by atoms with Crippen molar-refractivity contribution in [3.8, 4) is 5.75 Å². The van der Waals surface area contributed by atoms with Crippen molar-refractivity contribution in [2.75, 3.05) is 13.2 Å². The van der Waals surface area contributed by atoms with Gasteiger partial charge in [0.05, 0.1) is 0 Å². The van der Waals surface area contributed by atoms with E-state index in [4.69, 9.17) is 10.5 Å². The van der Waals surface area contributed by atoms with E-state index in [9.17, 15) is 13.6 Å². The minimum Gasteiger partial charge on any atom is -0.488 e. The maximum atomic E-state index is 12.0. The fraction of sp³-hybridized carbons (Fsp3) is 0.462. The molecule has 1 aromatic rings. The number of ether oxygens (including phenoxy) is 1. The molecule has 0 unspecified atom stereocenters. The zero-order valence-electron chi connectivity index (χ0n) is 10.6. The van der Waals surface area contributed by atoms with Crippen molar-refractivity contribution in [3.05, 3.63) is 29.8 Å². The predicted octanol–water partition coefficient (Wildman–Crippen LogP) is 1.69. The molecule has 19 heavy (non-hydrogen) atoms. The third kappa shape index (κ3) is 6.71. The average Bonchev–Trinajstić information content (AvgIpc) is 2.41. The minimum absolute atomic E-state index is 0.0793. The minimum atomic E-state index is -2.50. The van der Waals surface area contributed by atoms with Crippen LogP contribution in [0.3, 0.4) is 0 Å². The standard InChI is InChI=1S/C13H18F2N2O2/c14-12(15)9-19-11-4-1-3-10(7-11)8-17-13(18)5-2-6-16/h1,3-4,7,12H,2,5-6,8-9,16H2,(H,17,18). The highest BCUT2D eigenvalue weighted by molar-refractivity contribution is 5.75. The van der Waals surface area contributed by atoms with Crippen LogP contribution in [0.15, 0.2) is 24.3 Å². The summed E-state index contributed by atoms with van der Waals surface area (Å²) in [5, 5.41) is 2.73. The molecule has 6 heteroatoms. The van der Waals surface area contributed by atoms with E-state index < -0.39 is 13.0 Å². The van der Waals surface area contributed by atoms with Crippen LogP contribution in [0.1, 0.15) is 18.4 Å². The van der Waals surface area contributed by atoms with Crippen LogP contribution in [0.2, 0.25) is 0 Å². The molecule has 0 radical (unpaired) electrons. The van der Waals surface area contributed by atoms with Crippen LogP contribution in [0.25, 0.3) is 0 Å². The van der Waals surface area contributed by atoms with Crippen LogP contribution in [0, 0.1) is 0 Å². The van der Waals surface area contributed by atoms with Crippen LogP contribution in [0.4, 0.5) is 8.78 Å². The average molecular weight is 272 g/mol. The van der Waals surface area contributed by atoms with Crippen molar-refractivity contribution in [3.63, 3.8) is 0 Å². The van der Waals surface area contributed by atoms with Crippen LogP contribution in [0.5, 0.6) is 5.75 Å². The summed E-state index contributed by atoms with van der Waals surface area (Å²) in [7, 11) is 0. The van der Waals surface area contributed by atoms with Gasteiger partial charge in [0.1, 0.15) is 12.4 Å². The maximum Gasteiger partial charge on any atom is 0.272 e. The molecule has 0 atom stereocenters. The molecule has 0 heterocycles. The van der Waals surface area contributed by atoms with E-state index in [2.05, 4.69) is 5.32 Å². The van der Waals surface area contributed by atoms with Crippen LogP contribution in [-0.4, -0.2) is 25.5 Å². The highest BCUT2D eigenvalue weighted by atomic mass is 19.3. The van der Waals surface area contributed by atoms with Gasteiger partial charge in [-0.2, -0.15) is 0 Å². The number of alkyl halides is 2. The summed E-state index contributed by atoms with van der Waals surface area (Å²) in [5.41, 5.74) is 6.10. The summed E-state index contributed by atoms with van der Waals surface area (Å²) in [5.74, 6) is 0.290. The third-order valence-corrected chi connectivity index (χ3v) is 2.37. The lowest BCUT2D eigenvalue weighted by molar-refractivity contribution is -0.121. The first-order chi connectivity index (χ1) is 9.11. The molecule has 106 valence electrons. The SMILES string of the molecule is NCCCC(=O)NCc1cccc(OCC(F)F)c1. The van der Waals surface area contributed by atoms with E-state index in [-0.39, 0.29) is 5.91 Å². The molecule has 1 aromatic carbocycles. The number of hydrogen-bond donors (Lipinski definition) is 2. The molecule has 4 nitrogen and oxygen atoms in total. The Labute approximate surface area is 110 Å². The summed E-state index contributed by atoms with van der Waals surface area (Å²) in [4.78, 5) is 11.4. The second kappa shape index (κ2) is 8.42. The van der Waals surface area contributed by atoms with Crippen molar-refractivity contribution in [1.29, 1.82) is 0 Å². The van der Waals surface area contributed by atoms with E-state index in [1.807, 2.05) is 0 Å². The van der Waals surface area contributed by atoms with E-state index in [0.717, 1.165) is 5.56 Å². The van der Waals surface area contributed by atoms with E-state index >= 15 is 0 Å². The Morgan fingerprint density at radius 1 is 1.42 bits per heavy atom. The second-order valence-corrected chi connectivity index (χ2v) is 4.02. The second-order valence-electron chi connectivity index (χ2n) is 4.02. The molecule has 1 amide bonds. The smallest absolute Gasteiger partial charge is 0.272 e. The summed E-state index contributed by atoms with van der Waals surface area (Å²) >= 11 is 0. The van der Waals surface area contributed by atoms with Gasteiger partial charge in [-0.25, -0.2) is 8.78 Å². The summed E-state index contributed by atoms with van der Waals surface area (Å²) in [6.45, 7) is 0.186. The van der Waals surface area contributed by atoms with E-state index in [1.165, 1.54) is 0 Å². The van der Waals surface area contributed by atoms with Crippen molar-refractivity contribution in [1.82, 2.24) is 5.32 Å². The quantitative estimate of drug-likeness (QED) is 0.757. The lowest BCUT2D eigenvalue weighted by Crippen LogP contribution is -2.23. The summed E-state index contributed by atoms with van der Waals surface area (Å²) in [6, 6.07) is 6.72. The lowest BCUT2D eigenvalue weighted by Gasteiger charge is -2.08. The van der Waals surface area contributed by atoms with Gasteiger partial charge in [0.2, 0.25) is 5.91 Å². The monoisotopic (exact) mass is 272 g/mol. The van der Waals surface area contributed by atoms with Crippen molar-refractivity contribution < 1.29 is 18.3 Å². The molecule has 0 fully saturated rings. The third-order valence-electron chi connectivity index (χ3n) is 2.37. The number of carbonyl (C=O) groups excluding carboxylic acids is 1. The van der Waals surface area contributed by atoms with Crippen molar-refractivity contribution >= 4 is 5.91 Å². The molecule has 0 aromatic heterocycles. The largest absolute Gasteiger partial charge is 0.488 e. The number of nitrogens with one attached hydrogen (secondary N) is 1. The Balaban J connectivity index is 2.41. The first kappa shape index (κ1) is 15.4. The van der Waals surface area contributed by atoms with E-state index in [0.29, 0.717) is 31.7 Å². The Morgan fingerprint density at radius 2 is 2.21 bits per heavy atom. The fourth-order valence-corrected chi connectivity index (χ4v) is 1.46.